The zero-order chi connectivity index (χ0) is 15.7. The molecular formula is C16H12F2N2O2. The van der Waals surface area contributed by atoms with E-state index in [1.54, 1.807) is 6.07 Å². The molecule has 1 atom stereocenters. The summed E-state index contributed by atoms with van der Waals surface area (Å²) in [5.74, 6) is -2.03. The highest BCUT2D eigenvalue weighted by Gasteiger charge is 2.40. The monoisotopic (exact) mass is 302 g/mol. The maximum Gasteiger partial charge on any atom is 0.256 e. The molecule has 0 saturated carbocycles. The number of carbonyl (C=O) groups excluding carboxylic acids is 2. The maximum atomic E-state index is 13.8. The summed E-state index contributed by atoms with van der Waals surface area (Å²) in [5.41, 5.74) is 0.462. The Balaban J connectivity index is 1.82. The van der Waals surface area contributed by atoms with Crippen molar-refractivity contribution in [3.63, 3.8) is 0 Å². The van der Waals surface area contributed by atoms with Crippen molar-refractivity contribution in [1.82, 2.24) is 0 Å². The number of hydrogen-bond donors (Lipinski definition) is 1. The van der Waals surface area contributed by atoms with Crippen LogP contribution in [0, 0.1) is 11.6 Å². The van der Waals surface area contributed by atoms with Crippen LogP contribution in [0.15, 0.2) is 48.5 Å². The highest BCUT2D eigenvalue weighted by molar-refractivity contribution is 6.23. The molecular weight excluding hydrogens is 290 g/mol. The average Bonchev–Trinajstić information content (AvgIpc) is 2.77. The average molecular weight is 302 g/mol. The van der Waals surface area contributed by atoms with E-state index in [2.05, 4.69) is 5.32 Å². The molecule has 2 aromatic carbocycles. The molecule has 0 aromatic heterocycles. The summed E-state index contributed by atoms with van der Waals surface area (Å²) >= 11 is 0. The SMILES string of the molecule is O=C1CC(Nc2ccc(F)cc2)C(=O)N1c1ccccc1F. The van der Waals surface area contributed by atoms with Crippen LogP contribution in [0.25, 0.3) is 0 Å². The number of para-hydroxylation sites is 1. The molecule has 1 fully saturated rings. The summed E-state index contributed by atoms with van der Waals surface area (Å²) in [4.78, 5) is 25.2. The van der Waals surface area contributed by atoms with Gasteiger partial charge in [0, 0.05) is 5.69 Å². The predicted molar refractivity (Wildman–Crippen MR) is 77.3 cm³/mol. The summed E-state index contributed by atoms with van der Waals surface area (Å²) in [6.45, 7) is 0. The maximum absolute atomic E-state index is 13.8. The topological polar surface area (TPSA) is 49.4 Å². The van der Waals surface area contributed by atoms with E-state index in [1.165, 1.54) is 42.5 Å². The van der Waals surface area contributed by atoms with Crippen molar-refractivity contribution < 1.29 is 18.4 Å². The van der Waals surface area contributed by atoms with Gasteiger partial charge in [-0.05, 0) is 36.4 Å². The molecule has 2 amide bonds. The molecule has 1 aliphatic rings. The van der Waals surface area contributed by atoms with Crippen molar-refractivity contribution >= 4 is 23.2 Å². The second kappa shape index (κ2) is 5.55. The summed E-state index contributed by atoms with van der Waals surface area (Å²) in [7, 11) is 0. The number of imide groups is 1. The van der Waals surface area contributed by atoms with Gasteiger partial charge in [0.25, 0.3) is 5.91 Å². The molecule has 1 heterocycles. The normalized spacial score (nSPS) is 17.9. The molecule has 0 spiro atoms. The van der Waals surface area contributed by atoms with Gasteiger partial charge in [0.1, 0.15) is 17.7 Å². The van der Waals surface area contributed by atoms with E-state index < -0.39 is 29.5 Å². The van der Waals surface area contributed by atoms with Gasteiger partial charge in [-0.1, -0.05) is 12.1 Å². The summed E-state index contributed by atoms with van der Waals surface area (Å²) < 4.78 is 26.6. The Kier molecular flexibility index (Phi) is 3.58. The van der Waals surface area contributed by atoms with E-state index in [0.717, 1.165) is 4.90 Å². The van der Waals surface area contributed by atoms with Gasteiger partial charge in [-0.15, -0.1) is 0 Å². The standard InChI is InChI=1S/C16H12F2N2O2/c17-10-5-7-11(8-6-10)19-13-9-15(21)20(16(13)22)14-4-2-1-3-12(14)18/h1-8,13,19H,9H2. The van der Waals surface area contributed by atoms with Crippen molar-refractivity contribution in [2.75, 3.05) is 10.2 Å². The molecule has 112 valence electrons. The third kappa shape index (κ3) is 2.55. The van der Waals surface area contributed by atoms with Crippen molar-refractivity contribution in [2.45, 2.75) is 12.5 Å². The molecule has 0 aliphatic carbocycles. The molecule has 2 aromatic rings. The van der Waals surface area contributed by atoms with Gasteiger partial charge < -0.3 is 5.32 Å². The lowest BCUT2D eigenvalue weighted by atomic mass is 10.2. The number of carbonyl (C=O) groups is 2. The van der Waals surface area contributed by atoms with Gasteiger partial charge in [0.05, 0.1) is 12.1 Å². The molecule has 4 nitrogen and oxygen atoms in total. The van der Waals surface area contributed by atoms with E-state index in [-0.39, 0.29) is 12.1 Å². The second-order valence-corrected chi connectivity index (χ2v) is 4.93. The first-order valence-corrected chi connectivity index (χ1v) is 6.69. The Morgan fingerprint density at radius 1 is 1.00 bits per heavy atom. The predicted octanol–water partition coefficient (Wildman–Crippen LogP) is 2.71. The van der Waals surface area contributed by atoms with Gasteiger partial charge in [0.2, 0.25) is 5.91 Å². The summed E-state index contributed by atoms with van der Waals surface area (Å²) in [6, 6.07) is 10.3. The molecule has 0 radical (unpaired) electrons. The number of amides is 2. The molecule has 1 aliphatic heterocycles. The second-order valence-electron chi connectivity index (χ2n) is 4.93. The fourth-order valence-electron chi connectivity index (χ4n) is 2.38. The lowest BCUT2D eigenvalue weighted by Gasteiger charge is -2.16. The minimum Gasteiger partial charge on any atom is -0.373 e. The number of anilines is 2. The Bertz CT molecular complexity index is 731. The highest BCUT2D eigenvalue weighted by atomic mass is 19.1. The van der Waals surface area contributed by atoms with Crippen LogP contribution in [0.3, 0.4) is 0 Å². The Hall–Kier alpha value is -2.76. The Morgan fingerprint density at radius 3 is 2.36 bits per heavy atom. The van der Waals surface area contributed by atoms with E-state index in [4.69, 9.17) is 0 Å². The van der Waals surface area contributed by atoms with Crippen molar-refractivity contribution in [1.29, 1.82) is 0 Å². The van der Waals surface area contributed by atoms with Crippen LogP contribution in [-0.4, -0.2) is 17.9 Å². The summed E-state index contributed by atoms with van der Waals surface area (Å²) in [5, 5.41) is 2.87. The van der Waals surface area contributed by atoms with Crippen LogP contribution in [0.2, 0.25) is 0 Å². The number of nitrogens with zero attached hydrogens (tertiary/aromatic N) is 1. The quantitative estimate of drug-likeness (QED) is 0.887. The molecule has 1 unspecified atom stereocenters. The van der Waals surface area contributed by atoms with Gasteiger partial charge in [-0.3, -0.25) is 9.59 Å². The number of benzene rings is 2. The minimum absolute atomic E-state index is 0.0547. The van der Waals surface area contributed by atoms with Crippen LogP contribution in [0.1, 0.15) is 6.42 Å². The third-order valence-corrected chi connectivity index (χ3v) is 3.43. The van der Waals surface area contributed by atoms with E-state index in [1.807, 2.05) is 0 Å². The van der Waals surface area contributed by atoms with Crippen LogP contribution in [0.5, 0.6) is 0 Å². The Labute approximate surface area is 125 Å². The fourth-order valence-corrected chi connectivity index (χ4v) is 2.38. The van der Waals surface area contributed by atoms with Crippen molar-refractivity contribution in [3.8, 4) is 0 Å². The lowest BCUT2D eigenvalue weighted by molar-refractivity contribution is -0.121. The smallest absolute Gasteiger partial charge is 0.256 e. The first-order valence-electron chi connectivity index (χ1n) is 6.69. The van der Waals surface area contributed by atoms with E-state index >= 15 is 0 Å². The van der Waals surface area contributed by atoms with Crippen LogP contribution < -0.4 is 10.2 Å². The molecule has 0 bridgehead atoms. The highest BCUT2D eigenvalue weighted by Crippen LogP contribution is 2.27. The largest absolute Gasteiger partial charge is 0.373 e. The lowest BCUT2D eigenvalue weighted by Crippen LogP contribution is -2.35. The van der Waals surface area contributed by atoms with Gasteiger partial charge >= 0.3 is 0 Å². The van der Waals surface area contributed by atoms with Crippen LogP contribution in [-0.2, 0) is 9.59 Å². The van der Waals surface area contributed by atoms with Crippen LogP contribution in [0.4, 0.5) is 20.2 Å². The fraction of sp³-hybridized carbons (Fsp3) is 0.125. The van der Waals surface area contributed by atoms with Crippen molar-refractivity contribution in [2.24, 2.45) is 0 Å². The minimum atomic E-state index is -0.794. The van der Waals surface area contributed by atoms with Gasteiger partial charge in [-0.25, -0.2) is 13.7 Å². The first-order chi connectivity index (χ1) is 10.6. The van der Waals surface area contributed by atoms with E-state index in [9.17, 15) is 18.4 Å². The first kappa shape index (κ1) is 14.2. The third-order valence-electron chi connectivity index (χ3n) is 3.43. The zero-order valence-corrected chi connectivity index (χ0v) is 11.4. The molecule has 3 rings (SSSR count). The number of nitrogens with one attached hydrogen (secondary N) is 1. The number of rotatable bonds is 3. The molecule has 22 heavy (non-hydrogen) atoms. The molecule has 6 heteroatoms. The number of halogens is 2. The molecule has 1 saturated heterocycles. The van der Waals surface area contributed by atoms with Gasteiger partial charge in [0.15, 0.2) is 0 Å². The van der Waals surface area contributed by atoms with Crippen molar-refractivity contribution in [3.05, 3.63) is 60.2 Å². The number of hydrogen-bond acceptors (Lipinski definition) is 3. The van der Waals surface area contributed by atoms with Crippen LogP contribution >= 0.6 is 0 Å². The summed E-state index contributed by atoms with van der Waals surface area (Å²) in [6.07, 6.45) is -0.0788. The Morgan fingerprint density at radius 2 is 1.68 bits per heavy atom. The zero-order valence-electron chi connectivity index (χ0n) is 11.4. The van der Waals surface area contributed by atoms with E-state index in [0.29, 0.717) is 5.69 Å². The van der Waals surface area contributed by atoms with Gasteiger partial charge in [-0.2, -0.15) is 0 Å². The molecule has 1 N–H and O–H groups in total.